The number of amides is 1. The van der Waals surface area contributed by atoms with Crippen LogP contribution < -0.4 is 5.32 Å². The van der Waals surface area contributed by atoms with Gasteiger partial charge in [-0.25, -0.2) is 9.78 Å². The van der Waals surface area contributed by atoms with Crippen molar-refractivity contribution < 1.29 is 14.3 Å². The van der Waals surface area contributed by atoms with Gasteiger partial charge in [0.05, 0.1) is 29.0 Å². The Labute approximate surface area is 209 Å². The zero-order chi connectivity index (χ0) is 24.4. The van der Waals surface area contributed by atoms with Crippen LogP contribution in [0.3, 0.4) is 0 Å². The summed E-state index contributed by atoms with van der Waals surface area (Å²) in [7, 11) is 0. The smallest absolute Gasteiger partial charge is 0.340 e. The van der Waals surface area contributed by atoms with Crippen LogP contribution in [0.15, 0.2) is 65.4 Å². The Bertz CT molecular complexity index is 1540. The lowest BCUT2D eigenvalue weighted by atomic mass is 10.0. The highest BCUT2D eigenvalue weighted by atomic mass is 32.2. The molecule has 5 aromatic rings. The molecule has 0 aliphatic rings. The fourth-order valence-corrected chi connectivity index (χ4v) is 5.27. The molecule has 1 amide bonds. The lowest BCUT2D eigenvalue weighted by molar-refractivity contribution is -0.113. The van der Waals surface area contributed by atoms with Gasteiger partial charge in [-0.05, 0) is 31.5 Å². The number of hydrogen-bond donors (Lipinski definition) is 1. The third-order valence-corrected chi connectivity index (χ3v) is 7.17. The normalized spacial score (nSPS) is 11.1. The van der Waals surface area contributed by atoms with Gasteiger partial charge >= 0.3 is 5.97 Å². The molecule has 0 aliphatic carbocycles. The van der Waals surface area contributed by atoms with Crippen molar-refractivity contribution in [3.63, 3.8) is 0 Å². The molecule has 5 rings (SSSR count). The summed E-state index contributed by atoms with van der Waals surface area (Å²) in [6, 6.07) is 15.1. The largest absolute Gasteiger partial charge is 0.462 e. The number of ether oxygens (including phenoxy) is 1. The number of benzene rings is 2. The lowest BCUT2D eigenvalue weighted by Crippen LogP contribution is -2.17. The number of fused-ring (bicyclic) bond motifs is 3. The fourth-order valence-electron chi connectivity index (χ4n) is 3.66. The number of nitrogens with zero attached hydrogens (tertiary/aromatic N) is 4. The predicted molar refractivity (Wildman–Crippen MR) is 138 cm³/mol. The Kier molecular flexibility index (Phi) is 6.47. The number of aromatic nitrogens is 4. The lowest BCUT2D eigenvalue weighted by Gasteiger charge is -2.10. The fraction of sp³-hybridized carbons (Fsp3) is 0.160. The second-order valence-corrected chi connectivity index (χ2v) is 9.52. The van der Waals surface area contributed by atoms with Crippen molar-refractivity contribution in [2.75, 3.05) is 17.7 Å². The Balaban J connectivity index is 1.37. The van der Waals surface area contributed by atoms with E-state index in [1.807, 2.05) is 0 Å². The van der Waals surface area contributed by atoms with Gasteiger partial charge in [-0.3, -0.25) is 9.20 Å². The maximum Gasteiger partial charge on any atom is 0.340 e. The van der Waals surface area contributed by atoms with Crippen LogP contribution in [0.25, 0.3) is 27.0 Å². The number of thioether (sulfide) groups is 1. The van der Waals surface area contributed by atoms with Gasteiger partial charge in [-0.15, -0.1) is 21.5 Å². The minimum absolute atomic E-state index is 0.0877. The number of anilines is 1. The van der Waals surface area contributed by atoms with Gasteiger partial charge in [0.1, 0.15) is 11.2 Å². The highest BCUT2D eigenvalue weighted by Gasteiger charge is 2.18. The molecule has 2 aromatic carbocycles. The standard InChI is InChI=1S/C25H21N5O3S2/c1-3-33-24(32)17-6-4-5-7-19(17)27-20(31)13-35-25-29-28-22-21-18(16-10-8-15(2)9-11-16)12-34-23(21)26-14-30(22)25/h4-12,14H,3,13H2,1-2H3,(H,27,31). The van der Waals surface area contributed by atoms with Crippen molar-refractivity contribution in [3.05, 3.63) is 71.4 Å². The molecular formula is C25H21N5O3S2. The Morgan fingerprint density at radius 1 is 1.11 bits per heavy atom. The first-order valence-corrected chi connectivity index (χ1v) is 12.8. The molecule has 0 saturated carbocycles. The minimum atomic E-state index is -0.477. The van der Waals surface area contributed by atoms with Crippen LogP contribution >= 0.6 is 23.1 Å². The third kappa shape index (κ3) is 4.62. The van der Waals surface area contributed by atoms with Crippen LogP contribution in [0.4, 0.5) is 5.69 Å². The summed E-state index contributed by atoms with van der Waals surface area (Å²) < 4.78 is 6.87. The van der Waals surface area contributed by atoms with Crippen LogP contribution in [0.1, 0.15) is 22.8 Å². The number of esters is 1. The molecule has 0 radical (unpaired) electrons. The van der Waals surface area contributed by atoms with Gasteiger partial charge in [-0.1, -0.05) is 53.7 Å². The van der Waals surface area contributed by atoms with Crippen LogP contribution in [0.5, 0.6) is 0 Å². The van der Waals surface area contributed by atoms with Crippen molar-refractivity contribution in [2.45, 2.75) is 19.0 Å². The van der Waals surface area contributed by atoms with Crippen molar-refractivity contribution in [1.29, 1.82) is 0 Å². The van der Waals surface area contributed by atoms with E-state index < -0.39 is 5.97 Å². The molecule has 3 heterocycles. The van der Waals surface area contributed by atoms with Gasteiger partial charge in [-0.2, -0.15) is 0 Å². The number of aryl methyl sites for hydroxylation is 1. The maximum atomic E-state index is 12.7. The van der Waals surface area contributed by atoms with E-state index in [1.54, 1.807) is 53.3 Å². The number of carbonyl (C=O) groups is 2. The predicted octanol–water partition coefficient (Wildman–Crippen LogP) is 5.22. The van der Waals surface area contributed by atoms with Crippen molar-refractivity contribution >= 4 is 56.5 Å². The van der Waals surface area contributed by atoms with E-state index >= 15 is 0 Å². The Hall–Kier alpha value is -3.76. The van der Waals surface area contributed by atoms with Gasteiger partial charge in [0.2, 0.25) is 5.91 Å². The number of thiophene rings is 1. The van der Waals surface area contributed by atoms with E-state index in [1.165, 1.54) is 17.3 Å². The van der Waals surface area contributed by atoms with E-state index in [2.05, 4.69) is 57.1 Å². The number of para-hydroxylation sites is 1. The summed E-state index contributed by atoms with van der Waals surface area (Å²) in [5, 5.41) is 15.1. The van der Waals surface area contributed by atoms with E-state index in [-0.39, 0.29) is 18.3 Å². The Morgan fingerprint density at radius 3 is 2.71 bits per heavy atom. The van der Waals surface area contributed by atoms with E-state index in [0.29, 0.717) is 22.1 Å². The third-order valence-electron chi connectivity index (χ3n) is 5.34. The van der Waals surface area contributed by atoms with Crippen LogP contribution in [-0.4, -0.2) is 43.8 Å². The van der Waals surface area contributed by atoms with Gasteiger partial charge in [0.25, 0.3) is 0 Å². The summed E-state index contributed by atoms with van der Waals surface area (Å²) >= 11 is 2.81. The summed E-state index contributed by atoms with van der Waals surface area (Å²) in [5.74, 6) is -0.659. The number of hydrogen-bond acceptors (Lipinski definition) is 8. The Morgan fingerprint density at radius 2 is 1.91 bits per heavy atom. The van der Waals surface area contributed by atoms with Crippen molar-refractivity contribution in [2.24, 2.45) is 0 Å². The molecule has 10 heteroatoms. The summed E-state index contributed by atoms with van der Waals surface area (Å²) in [4.78, 5) is 30.3. The number of nitrogens with one attached hydrogen (secondary N) is 1. The zero-order valence-electron chi connectivity index (χ0n) is 19.0. The average molecular weight is 504 g/mol. The second kappa shape index (κ2) is 9.85. The molecule has 176 valence electrons. The molecule has 1 N–H and O–H groups in total. The van der Waals surface area contributed by atoms with Gasteiger partial charge in [0.15, 0.2) is 10.8 Å². The molecule has 8 nitrogen and oxygen atoms in total. The quantitative estimate of drug-likeness (QED) is 0.240. The van der Waals surface area contributed by atoms with Crippen LogP contribution in [0.2, 0.25) is 0 Å². The molecule has 0 unspecified atom stereocenters. The molecular weight excluding hydrogens is 482 g/mol. The first kappa shape index (κ1) is 23.0. The molecule has 0 aliphatic heterocycles. The molecule has 3 aromatic heterocycles. The summed E-state index contributed by atoms with van der Waals surface area (Å²) in [5.41, 5.74) is 4.76. The van der Waals surface area contributed by atoms with Crippen molar-refractivity contribution in [3.8, 4) is 11.1 Å². The minimum Gasteiger partial charge on any atom is -0.462 e. The first-order chi connectivity index (χ1) is 17.0. The van der Waals surface area contributed by atoms with Gasteiger partial charge < -0.3 is 10.1 Å². The maximum absolute atomic E-state index is 12.7. The summed E-state index contributed by atoms with van der Waals surface area (Å²) in [6.45, 7) is 4.05. The SMILES string of the molecule is CCOC(=O)c1ccccc1NC(=O)CSc1nnc2c3c(-c4ccc(C)cc4)csc3ncn12. The molecule has 0 saturated heterocycles. The summed E-state index contributed by atoms with van der Waals surface area (Å²) in [6.07, 6.45) is 1.68. The highest BCUT2D eigenvalue weighted by molar-refractivity contribution is 7.99. The van der Waals surface area contributed by atoms with E-state index in [9.17, 15) is 9.59 Å². The number of carbonyl (C=O) groups excluding carboxylic acids is 2. The van der Waals surface area contributed by atoms with Crippen LogP contribution in [-0.2, 0) is 9.53 Å². The average Bonchev–Trinajstić information content (AvgIpc) is 3.48. The second-order valence-electron chi connectivity index (χ2n) is 7.72. The molecule has 0 spiro atoms. The topological polar surface area (TPSA) is 98.5 Å². The van der Waals surface area contributed by atoms with Crippen molar-refractivity contribution in [1.82, 2.24) is 19.6 Å². The van der Waals surface area contributed by atoms with E-state index in [4.69, 9.17) is 4.74 Å². The van der Waals surface area contributed by atoms with E-state index in [0.717, 1.165) is 21.3 Å². The molecule has 0 fully saturated rings. The molecule has 0 bridgehead atoms. The molecule has 0 atom stereocenters. The first-order valence-electron chi connectivity index (χ1n) is 10.9. The molecule has 35 heavy (non-hydrogen) atoms. The van der Waals surface area contributed by atoms with Gasteiger partial charge in [0, 0.05) is 10.9 Å². The van der Waals surface area contributed by atoms with Crippen LogP contribution in [0, 0.1) is 6.92 Å². The number of rotatable bonds is 7. The zero-order valence-corrected chi connectivity index (χ0v) is 20.7. The highest BCUT2D eigenvalue weighted by Crippen LogP contribution is 2.36. The monoisotopic (exact) mass is 503 g/mol.